The van der Waals surface area contributed by atoms with E-state index in [2.05, 4.69) is 52.8 Å². The molecule has 32 heavy (non-hydrogen) atoms. The Hall–Kier alpha value is -1.13. The van der Waals surface area contributed by atoms with Crippen molar-refractivity contribution < 1.29 is 15.0 Å². The minimum Gasteiger partial charge on any atom is -0.392 e. The number of aliphatic hydroxyl groups is 2. The van der Waals surface area contributed by atoms with Crippen LogP contribution in [0.5, 0.6) is 0 Å². The summed E-state index contributed by atoms with van der Waals surface area (Å²) in [7, 11) is 0. The molecule has 0 radical (unpaired) electrons. The Morgan fingerprint density at radius 1 is 1.22 bits per heavy atom. The van der Waals surface area contributed by atoms with Gasteiger partial charge in [0, 0.05) is 24.4 Å². The summed E-state index contributed by atoms with van der Waals surface area (Å²) in [6.45, 7) is 12.4. The molecule has 2 aliphatic carbocycles. The zero-order valence-corrected chi connectivity index (χ0v) is 21.5. The fourth-order valence-corrected chi connectivity index (χ4v) is 5.86. The van der Waals surface area contributed by atoms with Crippen molar-refractivity contribution >= 4 is 5.91 Å². The Bertz CT molecular complexity index is 641. The highest BCUT2D eigenvalue weighted by molar-refractivity contribution is 5.76. The van der Waals surface area contributed by atoms with Gasteiger partial charge in [0.2, 0.25) is 5.91 Å². The highest BCUT2D eigenvalue weighted by atomic mass is 16.3. The number of carbonyl (C=O) groups is 1. The van der Waals surface area contributed by atoms with Crippen LogP contribution in [0.2, 0.25) is 0 Å². The molecule has 2 rings (SSSR count). The Kier molecular flexibility index (Phi) is 10.5. The third-order valence-corrected chi connectivity index (χ3v) is 7.47. The number of hydrogen-bond donors (Lipinski definition) is 2. The number of unbranched alkanes of at least 4 members (excludes halogenated alkanes) is 2. The van der Waals surface area contributed by atoms with Crippen molar-refractivity contribution in [3.63, 3.8) is 0 Å². The van der Waals surface area contributed by atoms with Gasteiger partial charge >= 0.3 is 0 Å². The van der Waals surface area contributed by atoms with E-state index in [1.165, 1.54) is 5.57 Å². The summed E-state index contributed by atoms with van der Waals surface area (Å²) in [5, 5.41) is 21.1. The molecular formula is C28H49NO3. The van der Waals surface area contributed by atoms with E-state index in [-0.39, 0.29) is 30.0 Å². The summed E-state index contributed by atoms with van der Waals surface area (Å²) >= 11 is 0. The average Bonchev–Trinajstić information content (AvgIpc) is 3.20. The van der Waals surface area contributed by atoms with Crippen molar-refractivity contribution in [1.82, 2.24) is 4.90 Å². The molecule has 0 heterocycles. The predicted octanol–water partition coefficient (Wildman–Crippen LogP) is 6.02. The third kappa shape index (κ3) is 7.73. The largest absolute Gasteiger partial charge is 0.392 e. The lowest BCUT2D eigenvalue weighted by Crippen LogP contribution is -2.41. The second-order valence-corrected chi connectivity index (χ2v) is 11.2. The van der Waals surface area contributed by atoms with Crippen LogP contribution in [0.1, 0.15) is 106 Å². The van der Waals surface area contributed by atoms with Crippen molar-refractivity contribution in [3.05, 3.63) is 23.8 Å². The lowest BCUT2D eigenvalue weighted by atomic mass is 9.87. The molecule has 2 N–H and O–H groups in total. The van der Waals surface area contributed by atoms with Gasteiger partial charge in [-0.25, -0.2) is 0 Å². The topological polar surface area (TPSA) is 60.8 Å². The number of nitrogens with zero attached hydrogens (tertiary/aromatic N) is 1. The molecule has 0 unspecified atom stereocenters. The van der Waals surface area contributed by atoms with Gasteiger partial charge in [-0.2, -0.15) is 0 Å². The van der Waals surface area contributed by atoms with Crippen LogP contribution in [-0.4, -0.2) is 44.8 Å². The minimum atomic E-state index is -0.646. The number of fused-ring (bicyclic) bond motifs is 1. The van der Waals surface area contributed by atoms with Crippen molar-refractivity contribution in [2.24, 2.45) is 17.8 Å². The van der Waals surface area contributed by atoms with Gasteiger partial charge in [0.15, 0.2) is 0 Å². The Labute approximate surface area is 197 Å². The molecule has 0 aromatic carbocycles. The van der Waals surface area contributed by atoms with Gasteiger partial charge in [0.05, 0.1) is 11.7 Å². The van der Waals surface area contributed by atoms with Gasteiger partial charge in [-0.15, -0.1) is 0 Å². The predicted molar refractivity (Wildman–Crippen MR) is 133 cm³/mol. The zero-order chi connectivity index (χ0) is 23.9. The van der Waals surface area contributed by atoms with E-state index in [1.807, 2.05) is 11.8 Å². The molecule has 0 saturated heterocycles. The Balaban J connectivity index is 1.78. The first-order chi connectivity index (χ1) is 15.1. The quantitative estimate of drug-likeness (QED) is 0.268. The molecule has 2 aliphatic rings. The van der Waals surface area contributed by atoms with Gasteiger partial charge in [0.1, 0.15) is 0 Å². The number of rotatable bonds is 13. The van der Waals surface area contributed by atoms with Crippen molar-refractivity contribution in [3.8, 4) is 0 Å². The second kappa shape index (κ2) is 12.4. The first kappa shape index (κ1) is 27.1. The Morgan fingerprint density at radius 3 is 2.53 bits per heavy atom. The molecule has 4 nitrogen and oxygen atoms in total. The molecule has 0 spiro atoms. The SMILES string of the molecule is CCCC[C@@](C)(O)CC=C[C@@H]1[C@H]2CC(CCCCC(=O)N(C(C)C)C(C)C)=C[C@H]2C[C@H]1O. The van der Waals surface area contributed by atoms with Gasteiger partial charge in [0.25, 0.3) is 0 Å². The highest BCUT2D eigenvalue weighted by Gasteiger charge is 2.43. The van der Waals surface area contributed by atoms with Crippen LogP contribution in [0.15, 0.2) is 23.8 Å². The fourth-order valence-electron chi connectivity index (χ4n) is 5.86. The summed E-state index contributed by atoms with van der Waals surface area (Å²) in [6, 6.07) is 0.511. The smallest absolute Gasteiger partial charge is 0.223 e. The maximum absolute atomic E-state index is 12.5. The maximum Gasteiger partial charge on any atom is 0.223 e. The van der Waals surface area contributed by atoms with Gasteiger partial charge in [-0.3, -0.25) is 4.79 Å². The zero-order valence-electron chi connectivity index (χ0n) is 21.5. The van der Waals surface area contributed by atoms with Crippen LogP contribution in [0, 0.1) is 17.8 Å². The third-order valence-electron chi connectivity index (χ3n) is 7.47. The molecular weight excluding hydrogens is 398 g/mol. The van der Waals surface area contributed by atoms with Crippen molar-refractivity contribution in [2.75, 3.05) is 0 Å². The summed E-state index contributed by atoms with van der Waals surface area (Å²) < 4.78 is 0. The van der Waals surface area contributed by atoms with Crippen LogP contribution in [0.4, 0.5) is 0 Å². The van der Waals surface area contributed by atoms with Crippen LogP contribution >= 0.6 is 0 Å². The molecule has 4 heteroatoms. The normalized spacial score (nSPS) is 27.2. The summed E-state index contributed by atoms with van der Waals surface area (Å²) in [5.74, 6) is 1.45. The monoisotopic (exact) mass is 447 g/mol. The summed E-state index contributed by atoms with van der Waals surface area (Å²) in [4.78, 5) is 14.5. The van der Waals surface area contributed by atoms with E-state index in [0.717, 1.165) is 51.4 Å². The maximum atomic E-state index is 12.5. The summed E-state index contributed by atoms with van der Waals surface area (Å²) in [6.07, 6.45) is 15.7. The first-order valence-electron chi connectivity index (χ1n) is 13.1. The molecule has 0 aliphatic heterocycles. The standard InChI is InChI=1S/C28H49NO3/c1-7-8-15-28(6,32)16-11-13-24-25-18-22(17-23(25)19-26(24)30)12-9-10-14-27(31)29(20(2)3)21(4)5/h11,13,17,20-21,23-26,30,32H,7-10,12,14-16,18-19H2,1-6H3/t23-,24+,25-,26+,28+/m0/s1. The van der Waals surface area contributed by atoms with Crippen LogP contribution in [-0.2, 0) is 4.79 Å². The number of carbonyl (C=O) groups excluding carboxylic acids is 1. The lowest BCUT2D eigenvalue weighted by Gasteiger charge is -2.30. The lowest BCUT2D eigenvalue weighted by molar-refractivity contribution is -0.134. The molecule has 184 valence electrons. The number of hydrogen-bond acceptors (Lipinski definition) is 3. The van der Waals surface area contributed by atoms with Crippen LogP contribution in [0.25, 0.3) is 0 Å². The van der Waals surface area contributed by atoms with E-state index < -0.39 is 5.60 Å². The van der Waals surface area contributed by atoms with E-state index in [0.29, 0.717) is 24.7 Å². The second-order valence-electron chi connectivity index (χ2n) is 11.2. The Morgan fingerprint density at radius 2 is 1.91 bits per heavy atom. The van der Waals surface area contributed by atoms with Gasteiger partial charge in [-0.1, -0.05) is 43.6 Å². The molecule has 5 atom stereocenters. The van der Waals surface area contributed by atoms with E-state index in [4.69, 9.17) is 0 Å². The minimum absolute atomic E-state index is 0.197. The van der Waals surface area contributed by atoms with Gasteiger partial charge < -0.3 is 15.1 Å². The molecule has 1 saturated carbocycles. The molecule has 1 amide bonds. The van der Waals surface area contributed by atoms with Crippen LogP contribution < -0.4 is 0 Å². The molecule has 0 aromatic heterocycles. The van der Waals surface area contributed by atoms with E-state index in [1.54, 1.807) is 0 Å². The van der Waals surface area contributed by atoms with Crippen molar-refractivity contribution in [1.29, 1.82) is 0 Å². The molecule has 0 aromatic rings. The van der Waals surface area contributed by atoms with E-state index >= 15 is 0 Å². The number of aliphatic hydroxyl groups excluding tert-OH is 1. The van der Waals surface area contributed by atoms with E-state index in [9.17, 15) is 15.0 Å². The number of amides is 1. The number of allylic oxidation sites excluding steroid dienone is 2. The highest BCUT2D eigenvalue weighted by Crippen LogP contribution is 2.48. The van der Waals surface area contributed by atoms with Crippen LogP contribution in [0.3, 0.4) is 0 Å². The average molecular weight is 448 g/mol. The van der Waals surface area contributed by atoms with Gasteiger partial charge in [-0.05, 0) is 91.4 Å². The molecule has 1 fully saturated rings. The summed E-state index contributed by atoms with van der Waals surface area (Å²) in [5.41, 5.74) is 0.865. The first-order valence-corrected chi connectivity index (χ1v) is 13.1. The molecule has 0 bridgehead atoms. The fraction of sp³-hybridized carbons (Fsp3) is 0.821. The van der Waals surface area contributed by atoms with Crippen molar-refractivity contribution in [2.45, 2.75) is 130 Å².